The van der Waals surface area contributed by atoms with Gasteiger partial charge < -0.3 is 33.8 Å². The van der Waals surface area contributed by atoms with E-state index < -0.39 is 97.5 Å². The van der Waals surface area contributed by atoms with Crippen molar-refractivity contribution < 1.29 is 80.2 Å². The van der Waals surface area contributed by atoms with Crippen LogP contribution in [-0.2, 0) is 65.4 Å². The smallest absolute Gasteiger partial charge is 0.462 e. The molecule has 0 aromatic carbocycles. The van der Waals surface area contributed by atoms with Gasteiger partial charge in [0.25, 0.3) is 0 Å². The summed E-state index contributed by atoms with van der Waals surface area (Å²) in [7, 11) is -9.97. The first-order valence-corrected chi connectivity index (χ1v) is 41.1. The standard InChI is InChI=1S/C79H136O17P2/c1-5-9-13-17-21-25-29-33-36-40-43-47-51-55-59-63-76(81)89-69-74(95-78(83)65-61-57-53-49-45-39-32-28-24-20-16-12-8-4)71-93-97(85,86)91-67-73(80)68-92-98(87,88)94-72-75(96-79(84)66-62-58-54-50-46-42-38-35-31-27-23-19-15-11-7-3)70-90-77(82)64-60-56-52-48-44-41-37-34-30-26-22-18-14-10-6-2/h9-10,13-14,16,20-22,25-26,28,32-34,36-37,44,48,73-75,80H,5-8,11-12,15,17-19,23-24,27,29-31,35,38-43,45-47,49-72H2,1-4H3,(H,85,86)(H,87,88)/b13-9-,14-10-,20-16-,25-21-,26-22-,32-28-,36-33-,37-34-,48-44-. The highest BCUT2D eigenvalue weighted by atomic mass is 31.2. The maximum Gasteiger partial charge on any atom is 0.472 e. The molecule has 0 rings (SSSR count). The third-order valence-electron chi connectivity index (χ3n) is 15.7. The van der Waals surface area contributed by atoms with Gasteiger partial charge >= 0.3 is 39.5 Å². The molecule has 17 nitrogen and oxygen atoms in total. The van der Waals surface area contributed by atoms with Gasteiger partial charge in [0, 0.05) is 25.7 Å². The van der Waals surface area contributed by atoms with E-state index in [1.165, 1.54) is 64.2 Å². The van der Waals surface area contributed by atoms with Crippen molar-refractivity contribution in [2.24, 2.45) is 0 Å². The number of phosphoric acid groups is 2. The Kier molecular flexibility index (Phi) is 68.0. The van der Waals surface area contributed by atoms with Crippen molar-refractivity contribution >= 4 is 39.5 Å². The van der Waals surface area contributed by atoms with Crippen LogP contribution < -0.4 is 0 Å². The molecule has 98 heavy (non-hydrogen) atoms. The summed E-state index contributed by atoms with van der Waals surface area (Å²) in [4.78, 5) is 72.8. The van der Waals surface area contributed by atoms with Gasteiger partial charge in [-0.25, -0.2) is 9.13 Å². The summed E-state index contributed by atoms with van der Waals surface area (Å²) in [6.07, 6.45) is 75.1. The molecule has 0 heterocycles. The van der Waals surface area contributed by atoms with Crippen LogP contribution >= 0.6 is 15.6 Å². The molecule has 0 fully saturated rings. The number of allylic oxidation sites excluding steroid dienone is 18. The van der Waals surface area contributed by atoms with E-state index in [1.54, 1.807) is 0 Å². The maximum absolute atomic E-state index is 13.1. The van der Waals surface area contributed by atoms with Crippen molar-refractivity contribution in [3.05, 3.63) is 109 Å². The van der Waals surface area contributed by atoms with E-state index in [0.29, 0.717) is 25.7 Å². The number of phosphoric ester groups is 2. The van der Waals surface area contributed by atoms with Crippen molar-refractivity contribution in [3.63, 3.8) is 0 Å². The molecule has 0 aromatic heterocycles. The molecule has 0 radical (unpaired) electrons. The van der Waals surface area contributed by atoms with Crippen LogP contribution in [0.5, 0.6) is 0 Å². The van der Waals surface area contributed by atoms with Gasteiger partial charge in [-0.1, -0.05) is 272 Å². The largest absolute Gasteiger partial charge is 0.472 e. The minimum atomic E-state index is -4.98. The van der Waals surface area contributed by atoms with Gasteiger partial charge in [-0.05, 0) is 122 Å². The number of ether oxygens (including phenoxy) is 4. The van der Waals surface area contributed by atoms with Crippen LogP contribution in [0, 0.1) is 0 Å². The Labute approximate surface area is 594 Å². The second-order valence-corrected chi connectivity index (χ2v) is 28.1. The number of aliphatic hydroxyl groups is 1. The summed E-state index contributed by atoms with van der Waals surface area (Å²) in [5.41, 5.74) is 0. The summed E-state index contributed by atoms with van der Waals surface area (Å²) < 4.78 is 68.4. The van der Waals surface area contributed by atoms with Crippen LogP contribution in [-0.4, -0.2) is 96.7 Å². The molecule has 5 unspecified atom stereocenters. The molecule has 3 N–H and O–H groups in total. The molecular formula is C79H136O17P2. The fraction of sp³-hybridized carbons (Fsp3) is 0.722. The lowest BCUT2D eigenvalue weighted by atomic mass is 10.0. The molecular weight excluding hydrogens is 1280 g/mol. The topological polar surface area (TPSA) is 237 Å². The zero-order chi connectivity index (χ0) is 71.8. The van der Waals surface area contributed by atoms with Gasteiger partial charge in [-0.15, -0.1) is 0 Å². The van der Waals surface area contributed by atoms with Gasteiger partial charge in [0.1, 0.15) is 19.3 Å². The van der Waals surface area contributed by atoms with Crippen LogP contribution in [0.25, 0.3) is 0 Å². The van der Waals surface area contributed by atoms with Gasteiger partial charge in [0.2, 0.25) is 0 Å². The average molecular weight is 1420 g/mol. The summed E-state index contributed by atoms with van der Waals surface area (Å²) in [5.74, 6) is -2.25. The monoisotopic (exact) mass is 1420 g/mol. The first-order valence-electron chi connectivity index (χ1n) is 38.1. The third kappa shape index (κ3) is 70.2. The molecule has 0 amide bonds. The highest BCUT2D eigenvalue weighted by Gasteiger charge is 2.30. The van der Waals surface area contributed by atoms with Crippen molar-refractivity contribution in [3.8, 4) is 0 Å². The van der Waals surface area contributed by atoms with E-state index >= 15 is 0 Å². The molecule has 0 saturated heterocycles. The van der Waals surface area contributed by atoms with Crippen molar-refractivity contribution in [2.45, 2.75) is 329 Å². The van der Waals surface area contributed by atoms with Crippen LogP contribution in [0.3, 0.4) is 0 Å². The fourth-order valence-corrected chi connectivity index (χ4v) is 11.5. The summed E-state index contributed by atoms with van der Waals surface area (Å²) in [6, 6.07) is 0. The number of rotatable bonds is 71. The lowest BCUT2D eigenvalue weighted by Crippen LogP contribution is -2.30. The number of carbonyl (C=O) groups excluding carboxylic acids is 4. The normalized spacial score (nSPS) is 14.6. The Bertz CT molecular complexity index is 2290. The average Bonchev–Trinajstić information content (AvgIpc) is 1.04. The van der Waals surface area contributed by atoms with Gasteiger partial charge in [0.05, 0.1) is 26.4 Å². The maximum atomic E-state index is 13.1. The van der Waals surface area contributed by atoms with E-state index in [-0.39, 0.29) is 25.7 Å². The van der Waals surface area contributed by atoms with Crippen LogP contribution in [0.4, 0.5) is 0 Å². The molecule has 0 aliphatic carbocycles. The van der Waals surface area contributed by atoms with Gasteiger partial charge in [-0.2, -0.15) is 0 Å². The predicted molar refractivity (Wildman–Crippen MR) is 399 cm³/mol. The van der Waals surface area contributed by atoms with Crippen LogP contribution in [0.15, 0.2) is 109 Å². The Balaban J connectivity index is 5.39. The molecule has 0 bridgehead atoms. The van der Waals surface area contributed by atoms with E-state index in [9.17, 15) is 43.2 Å². The molecule has 0 spiro atoms. The number of esters is 4. The zero-order valence-electron chi connectivity index (χ0n) is 61.4. The van der Waals surface area contributed by atoms with Crippen molar-refractivity contribution in [1.82, 2.24) is 0 Å². The first kappa shape index (κ1) is 93.7. The second-order valence-electron chi connectivity index (χ2n) is 25.2. The molecule has 564 valence electrons. The third-order valence-corrected chi connectivity index (χ3v) is 17.6. The number of carbonyl (C=O) groups is 4. The molecule has 5 atom stereocenters. The lowest BCUT2D eigenvalue weighted by Gasteiger charge is -2.21. The second kappa shape index (κ2) is 71.1. The van der Waals surface area contributed by atoms with Crippen LogP contribution in [0.2, 0.25) is 0 Å². The van der Waals surface area contributed by atoms with E-state index in [0.717, 1.165) is 167 Å². The summed E-state index contributed by atoms with van der Waals surface area (Å²) in [5, 5.41) is 10.6. The van der Waals surface area contributed by atoms with Gasteiger partial charge in [-0.3, -0.25) is 37.3 Å². The highest BCUT2D eigenvalue weighted by molar-refractivity contribution is 7.47. The van der Waals surface area contributed by atoms with Crippen molar-refractivity contribution in [2.75, 3.05) is 39.6 Å². The molecule has 0 aliphatic heterocycles. The fourth-order valence-electron chi connectivity index (χ4n) is 9.97. The number of hydrogen-bond donors (Lipinski definition) is 3. The Morgan fingerprint density at radius 1 is 0.296 bits per heavy atom. The first-order chi connectivity index (χ1) is 47.7. The Hall–Kier alpha value is -4.28. The number of hydrogen-bond acceptors (Lipinski definition) is 15. The van der Waals surface area contributed by atoms with E-state index in [2.05, 4.69) is 137 Å². The Morgan fingerprint density at radius 3 is 0.878 bits per heavy atom. The van der Waals surface area contributed by atoms with Gasteiger partial charge in [0.15, 0.2) is 12.2 Å². The van der Waals surface area contributed by atoms with Crippen LogP contribution in [0.1, 0.15) is 310 Å². The molecule has 19 heteroatoms. The minimum Gasteiger partial charge on any atom is -0.462 e. The highest BCUT2D eigenvalue weighted by Crippen LogP contribution is 2.45. The van der Waals surface area contributed by atoms with E-state index in [4.69, 9.17) is 37.0 Å². The Morgan fingerprint density at radius 2 is 0.551 bits per heavy atom. The van der Waals surface area contributed by atoms with Crippen molar-refractivity contribution in [1.29, 1.82) is 0 Å². The molecule has 0 aliphatic rings. The summed E-state index contributed by atoms with van der Waals surface area (Å²) in [6.45, 7) is 4.52. The number of unbranched alkanes of at least 4 members (excludes halogenated alkanes) is 27. The molecule has 0 aromatic rings. The molecule has 0 saturated carbocycles. The predicted octanol–water partition coefficient (Wildman–Crippen LogP) is 21.8. The zero-order valence-corrected chi connectivity index (χ0v) is 63.2. The summed E-state index contributed by atoms with van der Waals surface area (Å²) >= 11 is 0. The minimum absolute atomic E-state index is 0.0730. The lowest BCUT2D eigenvalue weighted by molar-refractivity contribution is -0.161. The number of aliphatic hydroxyl groups excluding tert-OH is 1. The SMILES string of the molecule is CC/C=C\C/C=C\C/C=C\C/C=C\CCCCC(=O)OCC(COP(=O)(O)OCC(O)COP(=O)(O)OCC(COC(=O)CCCCCCC/C=C\C/C=C\C/C=C\CC)OC(=O)CCCCCCC/C=C\C/C=C\CCC)OC(=O)CCCCCCCCCCCCCCCCC. The quantitative estimate of drug-likeness (QED) is 0.0169. The van der Waals surface area contributed by atoms with E-state index in [1.807, 2.05) is 0 Å².